The summed E-state index contributed by atoms with van der Waals surface area (Å²) < 4.78 is 31.5. The average Bonchev–Trinajstić information content (AvgIpc) is 3.42. The molecular weight excluding hydrogens is 460 g/mol. The van der Waals surface area contributed by atoms with Gasteiger partial charge in [0.25, 0.3) is 0 Å². The molecule has 4 aromatic rings. The number of halogens is 2. The molecule has 0 radical (unpaired) electrons. The van der Waals surface area contributed by atoms with Crippen molar-refractivity contribution in [1.29, 1.82) is 0 Å². The van der Waals surface area contributed by atoms with E-state index >= 15 is 0 Å². The van der Waals surface area contributed by atoms with E-state index in [2.05, 4.69) is 25.6 Å². The molecule has 12 heteroatoms. The monoisotopic (exact) mass is 483 g/mol. The van der Waals surface area contributed by atoms with Crippen molar-refractivity contribution in [2.45, 2.75) is 30.6 Å². The maximum atomic E-state index is 14.9. The number of nitrogens with zero attached hydrogens (tertiary/aromatic N) is 7. The fourth-order valence-corrected chi connectivity index (χ4v) is 4.27. The number of aromatic amines is 1. The number of aryl methyl sites for hydroxylation is 2. The molecule has 0 amide bonds. The van der Waals surface area contributed by atoms with Crippen LogP contribution in [0.1, 0.15) is 30.0 Å². The van der Waals surface area contributed by atoms with Crippen LogP contribution in [0.25, 0.3) is 11.5 Å². The molecule has 0 unspecified atom stereocenters. The molecule has 176 valence electrons. The molecule has 2 N–H and O–H groups in total. The van der Waals surface area contributed by atoms with Crippen molar-refractivity contribution in [1.82, 2.24) is 34.9 Å². The zero-order chi connectivity index (χ0) is 24.0. The first kappa shape index (κ1) is 22.3. The van der Waals surface area contributed by atoms with Gasteiger partial charge >= 0.3 is 0 Å². The number of H-pyrrole nitrogens is 1. The van der Waals surface area contributed by atoms with Gasteiger partial charge in [-0.2, -0.15) is 15.2 Å². The van der Waals surface area contributed by atoms with Crippen LogP contribution >= 0.6 is 11.8 Å². The molecule has 3 aromatic heterocycles. The summed E-state index contributed by atoms with van der Waals surface area (Å²) >= 11 is 1.27. The lowest BCUT2D eigenvalue weighted by Crippen LogP contribution is -2.19. The van der Waals surface area contributed by atoms with Gasteiger partial charge in [0.05, 0.1) is 0 Å². The molecule has 0 saturated heterocycles. The minimum atomic E-state index is -0.695. The highest BCUT2D eigenvalue weighted by Crippen LogP contribution is 2.47. The summed E-state index contributed by atoms with van der Waals surface area (Å²) in [5.41, 5.74) is 2.10. The van der Waals surface area contributed by atoms with Crippen LogP contribution in [0.15, 0.2) is 29.4 Å². The molecular formula is C22H23F2N9S. The third kappa shape index (κ3) is 4.09. The van der Waals surface area contributed by atoms with E-state index in [1.165, 1.54) is 42.2 Å². The van der Waals surface area contributed by atoms with Crippen LogP contribution in [0.2, 0.25) is 0 Å². The predicted octanol–water partition coefficient (Wildman–Crippen LogP) is 4.69. The number of anilines is 4. The van der Waals surface area contributed by atoms with Crippen molar-refractivity contribution in [2.24, 2.45) is 7.05 Å². The number of aromatic nitrogens is 7. The number of hydrogen-bond acceptors (Lipinski definition) is 8. The van der Waals surface area contributed by atoms with Crippen molar-refractivity contribution in [3.63, 3.8) is 0 Å². The Bertz CT molecular complexity index is 1340. The number of rotatable bonds is 7. The Balaban J connectivity index is 1.69. The standard InChI is InChI=1S/C22H23F2N9S/c1-11-7-16(31-30-11)27-20-17(12-5-6-12)18(21-25-10-26-33(21)3)28-22(29-20)32(2)19-14(23)8-13(34-4)9-15(19)24/h7-10,12H,5-6H2,1-4H3,(H2,27,28,29,30,31). The molecule has 1 fully saturated rings. The summed E-state index contributed by atoms with van der Waals surface area (Å²) in [5.74, 6) is 0.607. The van der Waals surface area contributed by atoms with E-state index < -0.39 is 11.6 Å². The predicted molar refractivity (Wildman–Crippen MR) is 127 cm³/mol. The van der Waals surface area contributed by atoms with E-state index in [9.17, 15) is 8.78 Å². The average molecular weight is 484 g/mol. The highest BCUT2D eigenvalue weighted by Gasteiger charge is 2.34. The second-order valence-corrected chi connectivity index (χ2v) is 9.06. The van der Waals surface area contributed by atoms with E-state index in [-0.39, 0.29) is 17.6 Å². The molecule has 1 aliphatic carbocycles. The number of nitrogens with one attached hydrogen (secondary N) is 2. The summed E-state index contributed by atoms with van der Waals surface area (Å²) in [7, 11) is 3.31. The van der Waals surface area contributed by atoms with Crippen LogP contribution in [0, 0.1) is 18.6 Å². The fourth-order valence-electron chi connectivity index (χ4n) is 3.83. The first-order chi connectivity index (χ1) is 16.4. The Labute approximate surface area is 199 Å². The van der Waals surface area contributed by atoms with Crippen molar-refractivity contribution in [2.75, 3.05) is 23.5 Å². The number of benzene rings is 1. The van der Waals surface area contributed by atoms with Gasteiger partial charge < -0.3 is 10.2 Å². The summed E-state index contributed by atoms with van der Waals surface area (Å²) in [4.78, 5) is 15.6. The molecule has 0 bridgehead atoms. The van der Waals surface area contributed by atoms with Gasteiger partial charge in [0.2, 0.25) is 5.95 Å². The minimum absolute atomic E-state index is 0.117. The number of hydrogen-bond donors (Lipinski definition) is 2. The quantitative estimate of drug-likeness (QED) is 0.365. The first-order valence-corrected chi connectivity index (χ1v) is 11.9. The fraction of sp³-hybridized carbons (Fsp3) is 0.318. The van der Waals surface area contributed by atoms with Gasteiger partial charge in [0.15, 0.2) is 23.3 Å². The maximum Gasteiger partial charge on any atom is 0.232 e. The lowest BCUT2D eigenvalue weighted by atomic mass is 10.1. The van der Waals surface area contributed by atoms with Crippen LogP contribution in [0.5, 0.6) is 0 Å². The zero-order valence-electron chi connectivity index (χ0n) is 19.1. The van der Waals surface area contributed by atoms with Crippen molar-refractivity contribution in [3.8, 4) is 11.5 Å². The van der Waals surface area contributed by atoms with Crippen LogP contribution in [-0.4, -0.2) is 48.2 Å². The normalized spacial score (nSPS) is 13.4. The molecule has 1 aliphatic rings. The zero-order valence-corrected chi connectivity index (χ0v) is 19.9. The molecule has 5 rings (SSSR count). The number of thioether (sulfide) groups is 1. The van der Waals surface area contributed by atoms with Crippen molar-refractivity contribution < 1.29 is 8.78 Å². The van der Waals surface area contributed by atoms with Gasteiger partial charge in [-0.15, -0.1) is 11.8 Å². The van der Waals surface area contributed by atoms with E-state index in [1.54, 1.807) is 18.0 Å². The Morgan fingerprint density at radius 2 is 1.91 bits per heavy atom. The van der Waals surface area contributed by atoms with Crippen molar-refractivity contribution >= 4 is 35.0 Å². The Kier molecular flexibility index (Phi) is 5.68. The van der Waals surface area contributed by atoms with Crippen LogP contribution in [0.3, 0.4) is 0 Å². The van der Waals surface area contributed by atoms with Crippen LogP contribution in [-0.2, 0) is 7.05 Å². The smallest absolute Gasteiger partial charge is 0.232 e. The summed E-state index contributed by atoms with van der Waals surface area (Å²) in [6.45, 7) is 1.90. The van der Waals surface area contributed by atoms with Gasteiger partial charge in [-0.05, 0) is 44.1 Å². The van der Waals surface area contributed by atoms with E-state index in [0.717, 1.165) is 24.1 Å². The van der Waals surface area contributed by atoms with Gasteiger partial charge in [-0.1, -0.05) is 0 Å². The highest BCUT2D eigenvalue weighted by molar-refractivity contribution is 7.98. The SMILES string of the molecule is CSc1cc(F)c(N(C)c2nc(Nc3cc(C)[nH]n3)c(C3CC3)c(-c3ncnn3C)n2)c(F)c1. The van der Waals surface area contributed by atoms with Crippen molar-refractivity contribution in [3.05, 3.63) is 47.4 Å². The summed E-state index contributed by atoms with van der Waals surface area (Å²) in [6, 6.07) is 4.45. The van der Waals surface area contributed by atoms with Crippen LogP contribution < -0.4 is 10.2 Å². The molecule has 1 saturated carbocycles. The molecule has 34 heavy (non-hydrogen) atoms. The second-order valence-electron chi connectivity index (χ2n) is 8.18. The maximum absolute atomic E-state index is 14.9. The van der Waals surface area contributed by atoms with Crippen LogP contribution in [0.4, 0.5) is 32.1 Å². The molecule has 0 spiro atoms. The van der Waals surface area contributed by atoms with Gasteiger partial charge in [-0.25, -0.2) is 23.4 Å². The molecule has 0 atom stereocenters. The molecule has 9 nitrogen and oxygen atoms in total. The largest absolute Gasteiger partial charge is 0.323 e. The topological polar surface area (TPSA) is 100 Å². The van der Waals surface area contributed by atoms with Gasteiger partial charge in [-0.3, -0.25) is 5.10 Å². The third-order valence-corrected chi connectivity index (χ3v) is 6.36. The van der Waals surface area contributed by atoms with Gasteiger partial charge in [0, 0.05) is 36.3 Å². The van der Waals surface area contributed by atoms with E-state index in [1.807, 2.05) is 13.0 Å². The highest BCUT2D eigenvalue weighted by atomic mass is 32.2. The Morgan fingerprint density at radius 1 is 1.18 bits per heavy atom. The molecule has 3 heterocycles. The third-order valence-electron chi connectivity index (χ3n) is 5.66. The lowest BCUT2D eigenvalue weighted by Gasteiger charge is -2.22. The summed E-state index contributed by atoms with van der Waals surface area (Å²) in [6.07, 6.45) is 5.18. The van der Waals surface area contributed by atoms with E-state index in [4.69, 9.17) is 9.97 Å². The molecule has 0 aliphatic heterocycles. The minimum Gasteiger partial charge on any atom is -0.323 e. The lowest BCUT2D eigenvalue weighted by molar-refractivity contribution is 0.577. The summed E-state index contributed by atoms with van der Waals surface area (Å²) in [5, 5.41) is 14.6. The Hall–Kier alpha value is -3.54. The van der Waals surface area contributed by atoms with E-state index in [0.29, 0.717) is 28.0 Å². The van der Waals surface area contributed by atoms with Gasteiger partial charge in [0.1, 0.15) is 23.5 Å². The molecule has 1 aromatic carbocycles. The first-order valence-electron chi connectivity index (χ1n) is 10.7. The second kappa shape index (κ2) is 8.67. The Morgan fingerprint density at radius 3 is 2.47 bits per heavy atom.